The molecule has 4 rings (SSSR count). The third kappa shape index (κ3) is 7.77. The summed E-state index contributed by atoms with van der Waals surface area (Å²) in [6, 6.07) is 12.2. The molecule has 0 bridgehead atoms. The van der Waals surface area contributed by atoms with Crippen LogP contribution in [0.1, 0.15) is 49.7 Å². The van der Waals surface area contributed by atoms with Gasteiger partial charge in [0.2, 0.25) is 17.6 Å². The molecule has 216 valence electrons. The number of amides is 4. The number of fused-ring (bicyclic) bond motifs is 1. The van der Waals surface area contributed by atoms with Gasteiger partial charge < -0.3 is 26.3 Å². The molecule has 0 aliphatic carbocycles. The zero-order valence-corrected chi connectivity index (χ0v) is 23.2. The molecule has 1 aliphatic rings. The number of aromatic amines is 1. The topological polar surface area (TPSA) is 149 Å². The highest BCUT2D eigenvalue weighted by atomic mass is 19.1. The van der Waals surface area contributed by atoms with Gasteiger partial charge in [0.05, 0.1) is 6.04 Å². The van der Waals surface area contributed by atoms with Crippen molar-refractivity contribution in [3.8, 4) is 0 Å². The van der Waals surface area contributed by atoms with Crippen LogP contribution in [0.2, 0.25) is 0 Å². The first-order valence-corrected chi connectivity index (χ1v) is 13.5. The molecule has 0 unspecified atom stereocenters. The van der Waals surface area contributed by atoms with E-state index in [0.29, 0.717) is 23.9 Å². The Morgan fingerprint density at radius 3 is 2.39 bits per heavy atom. The van der Waals surface area contributed by atoms with Crippen LogP contribution in [0.4, 0.5) is 4.39 Å². The highest BCUT2D eigenvalue weighted by molar-refractivity contribution is 6.38. The number of aromatic nitrogens is 1. The zero-order valence-electron chi connectivity index (χ0n) is 23.2. The van der Waals surface area contributed by atoms with Crippen molar-refractivity contribution < 1.29 is 28.4 Å². The Kier molecular flexibility index (Phi) is 8.85. The monoisotopic (exact) mass is 563 g/mol. The van der Waals surface area contributed by atoms with Gasteiger partial charge in [-0.25, -0.2) is 4.39 Å². The molecular formula is C30H34FN5O5. The maximum atomic E-state index is 13.7. The van der Waals surface area contributed by atoms with Gasteiger partial charge in [-0.05, 0) is 63.4 Å². The molecule has 1 fully saturated rings. The number of halogens is 1. The first-order chi connectivity index (χ1) is 19.4. The summed E-state index contributed by atoms with van der Waals surface area (Å²) in [5.74, 6) is -4.33. The SMILES string of the molecule is CC(C)(C)NC(=O)C(=O)[C@H](C[C@@H]1CCNC1=O)NC(=O)[C@H](Cc1ccccc1)NC(=O)c1cc2ccc(F)cc2[nH]1. The van der Waals surface area contributed by atoms with E-state index in [1.165, 1.54) is 18.2 Å². The fraction of sp³-hybridized carbons (Fsp3) is 0.367. The van der Waals surface area contributed by atoms with Gasteiger partial charge in [0.25, 0.3) is 11.8 Å². The van der Waals surface area contributed by atoms with Crippen LogP contribution in [0, 0.1) is 11.7 Å². The molecule has 10 nitrogen and oxygen atoms in total. The lowest BCUT2D eigenvalue weighted by Gasteiger charge is -2.26. The summed E-state index contributed by atoms with van der Waals surface area (Å²) in [6.45, 7) is 5.60. The van der Waals surface area contributed by atoms with Crippen LogP contribution in [-0.4, -0.2) is 58.6 Å². The summed E-state index contributed by atoms with van der Waals surface area (Å²) in [6.07, 6.45) is 0.490. The van der Waals surface area contributed by atoms with Gasteiger partial charge in [0, 0.05) is 35.3 Å². The summed E-state index contributed by atoms with van der Waals surface area (Å²) >= 11 is 0. The van der Waals surface area contributed by atoms with E-state index in [4.69, 9.17) is 0 Å². The van der Waals surface area contributed by atoms with E-state index < -0.39 is 52.9 Å². The molecule has 5 N–H and O–H groups in total. The number of hydrogen-bond donors (Lipinski definition) is 5. The van der Waals surface area contributed by atoms with Gasteiger partial charge in [-0.3, -0.25) is 24.0 Å². The fourth-order valence-electron chi connectivity index (χ4n) is 4.74. The first-order valence-electron chi connectivity index (χ1n) is 13.5. The summed E-state index contributed by atoms with van der Waals surface area (Å²) < 4.78 is 13.7. The molecular weight excluding hydrogens is 529 g/mol. The van der Waals surface area contributed by atoms with Crippen LogP contribution in [0.3, 0.4) is 0 Å². The first kappa shape index (κ1) is 29.4. The molecule has 0 saturated carbocycles. The maximum absolute atomic E-state index is 13.7. The Balaban J connectivity index is 1.58. The molecule has 0 spiro atoms. The van der Waals surface area contributed by atoms with Crippen LogP contribution in [0.25, 0.3) is 10.9 Å². The predicted octanol–water partition coefficient (Wildman–Crippen LogP) is 2.14. The van der Waals surface area contributed by atoms with E-state index in [9.17, 15) is 28.4 Å². The van der Waals surface area contributed by atoms with Crippen molar-refractivity contribution >= 4 is 40.3 Å². The van der Waals surface area contributed by atoms with Crippen molar-refractivity contribution in [2.24, 2.45) is 5.92 Å². The van der Waals surface area contributed by atoms with E-state index in [2.05, 4.69) is 26.3 Å². The van der Waals surface area contributed by atoms with Crippen LogP contribution in [-0.2, 0) is 25.6 Å². The van der Waals surface area contributed by atoms with Crippen molar-refractivity contribution in [2.75, 3.05) is 6.54 Å². The largest absolute Gasteiger partial charge is 0.356 e. The van der Waals surface area contributed by atoms with E-state index >= 15 is 0 Å². The normalized spacial score (nSPS) is 16.5. The lowest BCUT2D eigenvalue weighted by atomic mass is 9.94. The third-order valence-corrected chi connectivity index (χ3v) is 6.76. The average Bonchev–Trinajstić information content (AvgIpc) is 3.52. The van der Waals surface area contributed by atoms with Gasteiger partial charge in [-0.1, -0.05) is 30.3 Å². The van der Waals surface area contributed by atoms with Crippen molar-refractivity contribution in [1.29, 1.82) is 0 Å². The molecule has 3 atom stereocenters. The van der Waals surface area contributed by atoms with Crippen molar-refractivity contribution in [3.05, 3.63) is 71.7 Å². The van der Waals surface area contributed by atoms with Crippen molar-refractivity contribution in [2.45, 2.75) is 57.7 Å². The predicted molar refractivity (Wildman–Crippen MR) is 150 cm³/mol. The minimum atomic E-state index is -1.29. The van der Waals surface area contributed by atoms with Gasteiger partial charge in [0.1, 0.15) is 17.6 Å². The van der Waals surface area contributed by atoms with Gasteiger partial charge in [-0.2, -0.15) is 0 Å². The Bertz CT molecular complexity index is 1460. The number of hydrogen-bond acceptors (Lipinski definition) is 5. The third-order valence-electron chi connectivity index (χ3n) is 6.76. The highest BCUT2D eigenvalue weighted by Gasteiger charge is 2.36. The number of carbonyl (C=O) groups excluding carboxylic acids is 5. The number of nitrogens with one attached hydrogen (secondary N) is 5. The Morgan fingerprint density at radius 2 is 1.73 bits per heavy atom. The van der Waals surface area contributed by atoms with Crippen molar-refractivity contribution in [1.82, 2.24) is 26.3 Å². The lowest BCUT2D eigenvalue weighted by molar-refractivity contribution is -0.141. The van der Waals surface area contributed by atoms with Crippen LogP contribution >= 0.6 is 0 Å². The van der Waals surface area contributed by atoms with Gasteiger partial charge in [0.15, 0.2) is 0 Å². The van der Waals surface area contributed by atoms with Crippen LogP contribution in [0.15, 0.2) is 54.6 Å². The van der Waals surface area contributed by atoms with Crippen LogP contribution in [0.5, 0.6) is 0 Å². The average molecular weight is 564 g/mol. The number of benzene rings is 2. The maximum Gasteiger partial charge on any atom is 0.290 e. The second kappa shape index (κ2) is 12.3. The van der Waals surface area contributed by atoms with E-state index in [0.717, 1.165) is 5.56 Å². The molecule has 1 saturated heterocycles. The summed E-state index contributed by atoms with van der Waals surface area (Å²) in [5, 5.41) is 11.3. The smallest absolute Gasteiger partial charge is 0.290 e. The molecule has 0 radical (unpaired) electrons. The second-order valence-corrected chi connectivity index (χ2v) is 11.3. The number of Topliss-reactive ketones (excluding diaryl/α,β-unsaturated/α-hetero) is 1. The minimum absolute atomic E-state index is 0.0619. The molecule has 41 heavy (non-hydrogen) atoms. The molecule has 11 heteroatoms. The fourth-order valence-corrected chi connectivity index (χ4v) is 4.74. The molecule has 2 aromatic carbocycles. The Morgan fingerprint density at radius 1 is 1.00 bits per heavy atom. The minimum Gasteiger partial charge on any atom is -0.356 e. The number of ketones is 1. The van der Waals surface area contributed by atoms with E-state index in [1.54, 1.807) is 51.1 Å². The number of H-pyrrole nitrogens is 1. The summed E-state index contributed by atoms with van der Waals surface area (Å²) in [7, 11) is 0. The van der Waals surface area contributed by atoms with E-state index in [-0.39, 0.29) is 24.4 Å². The standard InChI is InChI=1S/C30H34FN5O5/c1-30(2,3)36-29(41)25(37)22(15-19-11-12-32-26(19)38)34-27(39)23(13-17-7-5-4-6-8-17)35-28(40)24-14-18-9-10-20(31)16-21(18)33-24/h4-10,14,16,19,22-23,33H,11-13,15H2,1-3H3,(H,32,38)(H,34,39)(H,35,40)(H,36,41)/t19-,22-,23-/m0/s1. The number of carbonyl (C=O) groups is 5. The zero-order chi connectivity index (χ0) is 29.7. The van der Waals surface area contributed by atoms with Gasteiger partial charge >= 0.3 is 0 Å². The Labute approximate surface area is 236 Å². The number of rotatable bonds is 10. The van der Waals surface area contributed by atoms with Gasteiger partial charge in [-0.15, -0.1) is 0 Å². The van der Waals surface area contributed by atoms with E-state index in [1.807, 2.05) is 6.07 Å². The van der Waals surface area contributed by atoms with Crippen LogP contribution < -0.4 is 21.3 Å². The molecule has 4 amide bonds. The lowest BCUT2D eigenvalue weighted by Crippen LogP contribution is -2.56. The quantitative estimate of drug-likeness (QED) is 0.240. The molecule has 3 aromatic rings. The molecule has 2 heterocycles. The summed E-state index contributed by atoms with van der Waals surface area (Å²) in [5.41, 5.74) is 0.592. The van der Waals surface area contributed by atoms with Crippen molar-refractivity contribution in [3.63, 3.8) is 0 Å². The Hall–Kier alpha value is -4.54. The molecule has 1 aliphatic heterocycles. The highest BCUT2D eigenvalue weighted by Crippen LogP contribution is 2.19. The molecule has 1 aromatic heterocycles. The summed E-state index contributed by atoms with van der Waals surface area (Å²) in [4.78, 5) is 68.0. The second-order valence-electron chi connectivity index (χ2n) is 11.3.